The van der Waals surface area contributed by atoms with E-state index in [1.54, 1.807) is 18.2 Å². The topological polar surface area (TPSA) is 107 Å². The summed E-state index contributed by atoms with van der Waals surface area (Å²) in [4.78, 5) is 8.07. The number of pyridine rings is 1. The quantitative estimate of drug-likeness (QED) is 0.371. The van der Waals surface area contributed by atoms with Crippen molar-refractivity contribution < 1.29 is 17.7 Å². The summed E-state index contributed by atoms with van der Waals surface area (Å²) in [6.45, 7) is 0. The number of hydrogen-bond acceptors (Lipinski definition) is 7. The maximum Gasteiger partial charge on any atom is 0.276 e. The van der Waals surface area contributed by atoms with E-state index in [9.17, 15) is 13.2 Å². The molecule has 2 heterocycles. The van der Waals surface area contributed by atoms with Crippen molar-refractivity contribution in [2.75, 3.05) is 5.01 Å². The highest BCUT2D eigenvalue weighted by molar-refractivity contribution is 5.93. The van der Waals surface area contributed by atoms with E-state index in [1.807, 2.05) is 0 Å². The molecule has 2 aromatic carbocycles. The standard InChI is InChI=1S/C21H15F3N6O/c22-14-9-13(10-15(23)11-14)20-28-21(31-29-20)18(25)19(12-5-7-27-8-6-12)30(26)17-4-2-1-3-16(17)24/h1-11H,25-26H2/b19-18-. The highest BCUT2D eigenvalue weighted by Gasteiger charge is 2.22. The van der Waals surface area contributed by atoms with Crippen molar-refractivity contribution >= 4 is 17.1 Å². The molecule has 4 aromatic rings. The number of nitrogens with two attached hydrogens (primary N) is 2. The molecule has 0 atom stereocenters. The molecule has 7 nitrogen and oxygen atoms in total. The second kappa shape index (κ2) is 8.28. The second-order valence-corrected chi connectivity index (χ2v) is 6.40. The number of para-hydroxylation sites is 1. The van der Waals surface area contributed by atoms with Crippen LogP contribution in [0.15, 0.2) is 71.5 Å². The number of rotatable bonds is 5. The molecule has 0 unspecified atom stereocenters. The number of benzene rings is 2. The van der Waals surface area contributed by atoms with Gasteiger partial charge in [-0.25, -0.2) is 19.0 Å². The lowest BCUT2D eigenvalue weighted by Gasteiger charge is -2.23. The first-order valence-electron chi connectivity index (χ1n) is 8.94. The monoisotopic (exact) mass is 424 g/mol. The SMILES string of the molecule is N/C(=C(/c1ccncc1)N(N)c1ccccc1F)c1nc(-c2cc(F)cc(F)c2)no1. The first-order valence-corrected chi connectivity index (χ1v) is 8.94. The zero-order valence-corrected chi connectivity index (χ0v) is 15.8. The smallest absolute Gasteiger partial charge is 0.276 e. The molecule has 31 heavy (non-hydrogen) atoms. The van der Waals surface area contributed by atoms with Gasteiger partial charge in [0.2, 0.25) is 5.82 Å². The molecule has 0 radical (unpaired) electrons. The summed E-state index contributed by atoms with van der Waals surface area (Å²) in [5.74, 6) is 3.79. The first kappa shape index (κ1) is 20.1. The number of hydrogen-bond donors (Lipinski definition) is 2. The Hall–Kier alpha value is -4.18. The molecule has 4 N–H and O–H groups in total. The van der Waals surface area contributed by atoms with Gasteiger partial charge < -0.3 is 10.3 Å². The minimum atomic E-state index is -0.796. The lowest BCUT2D eigenvalue weighted by Crippen LogP contribution is -2.32. The van der Waals surface area contributed by atoms with Crippen LogP contribution in [0.1, 0.15) is 11.5 Å². The van der Waals surface area contributed by atoms with Crippen LogP contribution in [0.25, 0.3) is 22.8 Å². The van der Waals surface area contributed by atoms with Crippen LogP contribution < -0.4 is 16.6 Å². The summed E-state index contributed by atoms with van der Waals surface area (Å²) < 4.78 is 46.6. The maximum absolute atomic E-state index is 14.4. The van der Waals surface area contributed by atoms with Crippen LogP contribution >= 0.6 is 0 Å². The van der Waals surface area contributed by atoms with Crippen molar-refractivity contribution in [2.24, 2.45) is 11.6 Å². The van der Waals surface area contributed by atoms with E-state index in [2.05, 4.69) is 15.1 Å². The maximum atomic E-state index is 14.4. The van der Waals surface area contributed by atoms with Crippen LogP contribution in [0.4, 0.5) is 18.9 Å². The Labute approximate surface area is 174 Å². The minimum Gasteiger partial charge on any atom is -0.392 e. The van der Waals surface area contributed by atoms with Crippen LogP contribution in [0.5, 0.6) is 0 Å². The molecule has 0 amide bonds. The van der Waals surface area contributed by atoms with Crippen LogP contribution in [-0.4, -0.2) is 15.1 Å². The summed E-state index contributed by atoms with van der Waals surface area (Å²) in [6.07, 6.45) is 3.01. The average Bonchev–Trinajstić information content (AvgIpc) is 3.25. The van der Waals surface area contributed by atoms with Crippen molar-refractivity contribution in [1.82, 2.24) is 15.1 Å². The Kier molecular flexibility index (Phi) is 5.37. The fourth-order valence-corrected chi connectivity index (χ4v) is 2.94. The molecule has 0 aliphatic heterocycles. The molecule has 4 rings (SSSR count). The molecule has 0 saturated carbocycles. The van der Waals surface area contributed by atoms with Crippen molar-refractivity contribution in [3.63, 3.8) is 0 Å². The number of anilines is 1. The van der Waals surface area contributed by atoms with Gasteiger partial charge in [-0.15, -0.1) is 0 Å². The molecule has 0 bridgehead atoms. The molecule has 0 aliphatic carbocycles. The highest BCUT2D eigenvalue weighted by atomic mass is 19.1. The summed E-state index contributed by atoms with van der Waals surface area (Å²) in [6, 6.07) is 11.9. The molecule has 10 heteroatoms. The fourth-order valence-electron chi connectivity index (χ4n) is 2.94. The fraction of sp³-hybridized carbons (Fsp3) is 0. The van der Waals surface area contributed by atoms with E-state index in [-0.39, 0.29) is 34.4 Å². The third-order valence-corrected chi connectivity index (χ3v) is 4.34. The average molecular weight is 424 g/mol. The Bertz CT molecular complexity index is 1240. The second-order valence-electron chi connectivity index (χ2n) is 6.40. The summed E-state index contributed by atoms with van der Waals surface area (Å²) in [7, 11) is 0. The lowest BCUT2D eigenvalue weighted by molar-refractivity contribution is 0.407. The predicted octanol–water partition coefficient (Wildman–Crippen LogP) is 3.71. The van der Waals surface area contributed by atoms with Crippen LogP contribution in [0.2, 0.25) is 0 Å². The lowest BCUT2D eigenvalue weighted by atomic mass is 10.1. The molecular formula is C21H15F3N6O. The highest BCUT2D eigenvalue weighted by Crippen LogP contribution is 2.30. The van der Waals surface area contributed by atoms with Crippen molar-refractivity contribution in [3.05, 3.63) is 95.9 Å². The van der Waals surface area contributed by atoms with Gasteiger partial charge in [0.25, 0.3) is 5.89 Å². The molecule has 0 saturated heterocycles. The van der Waals surface area contributed by atoms with E-state index in [0.29, 0.717) is 5.56 Å². The van der Waals surface area contributed by atoms with Gasteiger partial charge in [0.05, 0.1) is 11.4 Å². The van der Waals surface area contributed by atoms with Crippen LogP contribution in [0.3, 0.4) is 0 Å². The van der Waals surface area contributed by atoms with Crippen LogP contribution in [-0.2, 0) is 0 Å². The molecule has 156 valence electrons. The molecule has 0 aliphatic rings. The summed E-state index contributed by atoms with van der Waals surface area (Å²) in [5.41, 5.74) is 6.97. The van der Waals surface area contributed by atoms with Crippen molar-refractivity contribution in [1.29, 1.82) is 0 Å². The Morgan fingerprint density at radius 1 is 0.935 bits per heavy atom. The summed E-state index contributed by atoms with van der Waals surface area (Å²) >= 11 is 0. The van der Waals surface area contributed by atoms with Gasteiger partial charge in [0.15, 0.2) is 0 Å². The van der Waals surface area contributed by atoms with E-state index < -0.39 is 17.5 Å². The van der Waals surface area contributed by atoms with Gasteiger partial charge in [-0.1, -0.05) is 17.3 Å². The van der Waals surface area contributed by atoms with E-state index in [1.165, 1.54) is 30.6 Å². The minimum absolute atomic E-state index is 0.0456. The number of hydrazine groups is 1. The molecule has 0 fully saturated rings. The van der Waals surface area contributed by atoms with E-state index in [0.717, 1.165) is 23.2 Å². The largest absolute Gasteiger partial charge is 0.392 e. The van der Waals surface area contributed by atoms with Gasteiger partial charge in [0, 0.05) is 29.6 Å². The third kappa shape index (κ3) is 4.09. The number of aromatic nitrogens is 3. The number of halogens is 3. The molecule has 0 spiro atoms. The third-order valence-electron chi connectivity index (χ3n) is 4.34. The van der Waals surface area contributed by atoms with E-state index in [4.69, 9.17) is 16.1 Å². The zero-order chi connectivity index (χ0) is 22.0. The zero-order valence-electron chi connectivity index (χ0n) is 15.8. The number of nitrogens with zero attached hydrogens (tertiary/aromatic N) is 4. The predicted molar refractivity (Wildman–Crippen MR) is 108 cm³/mol. The van der Waals surface area contributed by atoms with Gasteiger partial charge in [-0.2, -0.15) is 4.98 Å². The van der Waals surface area contributed by atoms with Crippen LogP contribution in [0, 0.1) is 17.5 Å². The Morgan fingerprint density at radius 3 is 2.29 bits per heavy atom. The van der Waals surface area contributed by atoms with Gasteiger partial charge >= 0.3 is 0 Å². The Morgan fingerprint density at radius 2 is 1.61 bits per heavy atom. The van der Waals surface area contributed by atoms with E-state index >= 15 is 0 Å². The Balaban J connectivity index is 1.83. The first-order chi connectivity index (χ1) is 14.9. The molecular weight excluding hydrogens is 409 g/mol. The summed E-state index contributed by atoms with van der Waals surface area (Å²) in [5, 5.41) is 4.78. The van der Waals surface area contributed by atoms with Crippen molar-refractivity contribution in [3.8, 4) is 11.4 Å². The molecule has 2 aromatic heterocycles. The van der Waals surface area contributed by atoms with Gasteiger partial charge in [-0.05, 0) is 36.4 Å². The normalized spacial score (nSPS) is 11.9. The van der Waals surface area contributed by atoms with Gasteiger partial charge in [0.1, 0.15) is 23.1 Å². The van der Waals surface area contributed by atoms with Gasteiger partial charge in [-0.3, -0.25) is 9.99 Å². The van der Waals surface area contributed by atoms with Crippen molar-refractivity contribution in [2.45, 2.75) is 0 Å².